The maximum atomic E-state index is 5.81. The van der Waals surface area contributed by atoms with Gasteiger partial charge < -0.3 is 15.2 Å². The number of aryl methyl sites for hydroxylation is 1. The van der Waals surface area contributed by atoms with Gasteiger partial charge >= 0.3 is 0 Å². The highest BCUT2D eigenvalue weighted by atomic mass is 32.1. The molecule has 1 heterocycles. The molecule has 90 valence electrons. The second kappa shape index (κ2) is 4.63. The maximum Gasteiger partial charge on any atom is 0.125 e. The Morgan fingerprint density at radius 2 is 1.71 bits per heavy atom. The number of nitrogens with zero attached hydrogens (tertiary/aromatic N) is 1. The number of methoxy groups -OCH3 is 2. The van der Waals surface area contributed by atoms with Gasteiger partial charge in [-0.2, -0.15) is 0 Å². The second-order valence-electron chi connectivity index (χ2n) is 3.57. The van der Waals surface area contributed by atoms with Gasteiger partial charge in [-0.1, -0.05) is 11.3 Å². The molecule has 0 aliphatic carbocycles. The summed E-state index contributed by atoms with van der Waals surface area (Å²) in [5, 5.41) is 1.61. The van der Waals surface area contributed by atoms with Gasteiger partial charge in [0.2, 0.25) is 0 Å². The number of thiazole rings is 1. The van der Waals surface area contributed by atoms with Gasteiger partial charge in [-0.25, -0.2) is 4.98 Å². The van der Waals surface area contributed by atoms with E-state index in [4.69, 9.17) is 15.2 Å². The van der Waals surface area contributed by atoms with Gasteiger partial charge in [0.1, 0.15) is 21.5 Å². The fourth-order valence-electron chi connectivity index (χ4n) is 1.46. The summed E-state index contributed by atoms with van der Waals surface area (Å²) in [4.78, 5) is 4.41. The van der Waals surface area contributed by atoms with Crippen LogP contribution in [0.25, 0.3) is 10.6 Å². The number of aromatic nitrogens is 1. The molecule has 17 heavy (non-hydrogen) atoms. The molecule has 0 fully saturated rings. The number of anilines is 1. The van der Waals surface area contributed by atoms with Crippen LogP contribution in [0.1, 0.15) is 5.69 Å². The molecule has 2 N–H and O–H groups in total. The third-order valence-corrected chi connectivity index (χ3v) is 3.47. The predicted octanol–water partition coefficient (Wildman–Crippen LogP) is 2.72. The van der Waals surface area contributed by atoms with Gasteiger partial charge in [-0.15, -0.1) is 0 Å². The average molecular weight is 250 g/mol. The van der Waals surface area contributed by atoms with Gasteiger partial charge in [0, 0.05) is 11.6 Å². The van der Waals surface area contributed by atoms with Crippen molar-refractivity contribution in [2.75, 3.05) is 20.0 Å². The van der Waals surface area contributed by atoms with E-state index >= 15 is 0 Å². The molecule has 0 radical (unpaired) electrons. The first-order chi connectivity index (χ1) is 8.13. The third-order valence-electron chi connectivity index (χ3n) is 2.43. The maximum absolute atomic E-state index is 5.81. The Labute approximate surface area is 104 Å². The molecule has 0 unspecified atom stereocenters. The number of hydrogen-bond donors (Lipinski definition) is 1. The lowest BCUT2D eigenvalue weighted by Crippen LogP contribution is -1.88. The van der Waals surface area contributed by atoms with Crippen molar-refractivity contribution in [2.24, 2.45) is 0 Å². The van der Waals surface area contributed by atoms with Crippen molar-refractivity contribution >= 4 is 16.3 Å². The number of nitrogen functional groups attached to an aromatic ring is 1. The van der Waals surface area contributed by atoms with Gasteiger partial charge in [-0.05, 0) is 19.1 Å². The molecular formula is C12H14N2O2S. The summed E-state index contributed by atoms with van der Waals surface area (Å²) in [6.07, 6.45) is 0. The van der Waals surface area contributed by atoms with Crippen LogP contribution >= 0.6 is 11.3 Å². The molecule has 2 rings (SSSR count). The van der Waals surface area contributed by atoms with Crippen molar-refractivity contribution < 1.29 is 9.47 Å². The smallest absolute Gasteiger partial charge is 0.125 e. The third kappa shape index (κ3) is 2.34. The van der Waals surface area contributed by atoms with Crippen LogP contribution in [0.5, 0.6) is 11.5 Å². The number of ether oxygens (including phenoxy) is 2. The molecule has 1 aromatic carbocycles. The van der Waals surface area contributed by atoms with E-state index in [0.29, 0.717) is 0 Å². The number of benzene rings is 1. The number of nitrogens with two attached hydrogens (primary N) is 1. The minimum Gasteiger partial charge on any atom is -0.497 e. The monoisotopic (exact) mass is 250 g/mol. The molecule has 0 saturated heterocycles. The molecule has 2 aromatic rings. The molecule has 0 bridgehead atoms. The van der Waals surface area contributed by atoms with Gasteiger partial charge in [0.05, 0.1) is 19.9 Å². The minimum absolute atomic E-state index is 0.738. The summed E-state index contributed by atoms with van der Waals surface area (Å²) >= 11 is 1.46. The van der Waals surface area contributed by atoms with E-state index in [1.54, 1.807) is 14.2 Å². The fourth-order valence-corrected chi connectivity index (χ4v) is 2.28. The normalized spacial score (nSPS) is 10.3. The molecule has 0 saturated carbocycles. The summed E-state index contributed by atoms with van der Waals surface area (Å²) in [7, 11) is 3.25. The molecule has 0 aliphatic heterocycles. The summed E-state index contributed by atoms with van der Waals surface area (Å²) in [6.45, 7) is 1.90. The fraction of sp³-hybridized carbons (Fsp3) is 0.250. The Morgan fingerprint density at radius 3 is 2.12 bits per heavy atom. The van der Waals surface area contributed by atoms with Crippen molar-refractivity contribution in [3.8, 4) is 22.1 Å². The van der Waals surface area contributed by atoms with E-state index in [1.165, 1.54) is 11.3 Å². The van der Waals surface area contributed by atoms with Crippen LogP contribution in [0.15, 0.2) is 18.2 Å². The van der Waals surface area contributed by atoms with E-state index in [9.17, 15) is 0 Å². The molecular weight excluding hydrogens is 236 g/mol. The first-order valence-corrected chi connectivity index (χ1v) is 5.92. The van der Waals surface area contributed by atoms with Crippen molar-refractivity contribution in [3.05, 3.63) is 23.9 Å². The van der Waals surface area contributed by atoms with E-state index < -0.39 is 0 Å². The highest BCUT2D eigenvalue weighted by molar-refractivity contribution is 7.18. The molecule has 4 nitrogen and oxygen atoms in total. The molecule has 1 aromatic heterocycles. The highest BCUT2D eigenvalue weighted by Crippen LogP contribution is 2.34. The summed E-state index contributed by atoms with van der Waals surface area (Å²) < 4.78 is 10.4. The predicted molar refractivity (Wildman–Crippen MR) is 69.8 cm³/mol. The SMILES string of the molecule is COc1cc(OC)cc(-c2nc(C)c(N)s2)c1. The molecule has 0 amide bonds. The Kier molecular flexibility index (Phi) is 3.19. The second-order valence-corrected chi connectivity index (χ2v) is 4.60. The quantitative estimate of drug-likeness (QED) is 0.910. The minimum atomic E-state index is 0.738. The first-order valence-electron chi connectivity index (χ1n) is 5.10. The standard InChI is InChI=1S/C12H14N2O2S/c1-7-11(13)17-12(14-7)8-4-9(15-2)6-10(5-8)16-3/h4-6H,13H2,1-3H3. The molecule has 0 aliphatic rings. The van der Waals surface area contributed by atoms with Crippen LogP contribution in [0.4, 0.5) is 5.00 Å². The van der Waals surface area contributed by atoms with Gasteiger partial charge in [-0.3, -0.25) is 0 Å². The van der Waals surface area contributed by atoms with Crippen molar-refractivity contribution in [2.45, 2.75) is 6.92 Å². The topological polar surface area (TPSA) is 57.4 Å². The van der Waals surface area contributed by atoms with Crippen LogP contribution in [0.2, 0.25) is 0 Å². The molecule has 0 spiro atoms. The van der Waals surface area contributed by atoms with E-state index in [2.05, 4.69) is 4.98 Å². The van der Waals surface area contributed by atoms with Gasteiger partial charge in [0.25, 0.3) is 0 Å². The van der Waals surface area contributed by atoms with Crippen LogP contribution in [-0.4, -0.2) is 19.2 Å². The van der Waals surface area contributed by atoms with Crippen LogP contribution in [-0.2, 0) is 0 Å². The Hall–Kier alpha value is -1.75. The van der Waals surface area contributed by atoms with E-state index in [1.807, 2.05) is 25.1 Å². The van der Waals surface area contributed by atoms with E-state index in [-0.39, 0.29) is 0 Å². The van der Waals surface area contributed by atoms with Crippen molar-refractivity contribution in [1.29, 1.82) is 0 Å². The largest absolute Gasteiger partial charge is 0.497 e. The van der Waals surface area contributed by atoms with Crippen molar-refractivity contribution in [3.63, 3.8) is 0 Å². The van der Waals surface area contributed by atoms with Crippen LogP contribution in [0.3, 0.4) is 0 Å². The lowest BCUT2D eigenvalue weighted by Gasteiger charge is -2.06. The number of rotatable bonds is 3. The van der Waals surface area contributed by atoms with Crippen molar-refractivity contribution in [1.82, 2.24) is 4.98 Å². The summed E-state index contributed by atoms with van der Waals surface area (Å²) in [6, 6.07) is 5.66. The molecule has 5 heteroatoms. The zero-order valence-electron chi connectivity index (χ0n) is 9.98. The van der Waals surface area contributed by atoms with Crippen LogP contribution in [0, 0.1) is 6.92 Å². The van der Waals surface area contributed by atoms with Crippen LogP contribution < -0.4 is 15.2 Å². The van der Waals surface area contributed by atoms with Gasteiger partial charge in [0.15, 0.2) is 0 Å². The zero-order valence-corrected chi connectivity index (χ0v) is 10.8. The molecule has 0 atom stereocenters. The van der Waals surface area contributed by atoms with E-state index in [0.717, 1.165) is 32.8 Å². The first kappa shape index (κ1) is 11.7. The Balaban J connectivity index is 2.50. The lowest BCUT2D eigenvalue weighted by molar-refractivity contribution is 0.394. The zero-order chi connectivity index (χ0) is 12.4. The summed E-state index contributed by atoms with van der Waals surface area (Å²) in [5.74, 6) is 1.48. The Bertz CT molecular complexity index is 496. The number of hydrogen-bond acceptors (Lipinski definition) is 5. The average Bonchev–Trinajstić information content (AvgIpc) is 2.69. The lowest BCUT2D eigenvalue weighted by atomic mass is 10.2. The highest BCUT2D eigenvalue weighted by Gasteiger charge is 2.09. The Morgan fingerprint density at radius 1 is 1.12 bits per heavy atom. The summed E-state index contributed by atoms with van der Waals surface area (Å²) in [5.41, 5.74) is 7.62.